The summed E-state index contributed by atoms with van der Waals surface area (Å²) in [5.41, 5.74) is 2.99. The van der Waals surface area contributed by atoms with Crippen molar-refractivity contribution >= 4 is 33.4 Å². The van der Waals surface area contributed by atoms with Crippen molar-refractivity contribution in [2.75, 3.05) is 5.32 Å². The maximum Gasteiger partial charge on any atom is 0.272 e. The molecule has 0 saturated carbocycles. The van der Waals surface area contributed by atoms with Crippen molar-refractivity contribution in [1.82, 2.24) is 9.97 Å². The van der Waals surface area contributed by atoms with Gasteiger partial charge in [0.15, 0.2) is 0 Å². The summed E-state index contributed by atoms with van der Waals surface area (Å²) in [7, 11) is 0. The Bertz CT molecular complexity index is 1080. The molecule has 0 unspecified atom stereocenters. The number of halogens is 1. The monoisotopic (exact) mass is 319 g/mol. The lowest BCUT2D eigenvalue weighted by Crippen LogP contribution is -2.12. The molecule has 5 heteroatoms. The third kappa shape index (κ3) is 2.40. The van der Waals surface area contributed by atoms with E-state index in [2.05, 4.69) is 15.3 Å². The van der Waals surface area contributed by atoms with E-state index in [9.17, 15) is 9.18 Å². The number of hydrogen-bond donors (Lipinski definition) is 2. The molecule has 0 aliphatic carbocycles. The van der Waals surface area contributed by atoms with E-state index in [4.69, 9.17) is 0 Å². The Morgan fingerprint density at radius 2 is 1.96 bits per heavy atom. The quantitative estimate of drug-likeness (QED) is 0.575. The lowest BCUT2D eigenvalue weighted by atomic mass is 10.1. The number of nitrogens with one attached hydrogen (secondary N) is 2. The van der Waals surface area contributed by atoms with E-state index in [1.54, 1.807) is 31.3 Å². The number of nitrogens with zero attached hydrogens (tertiary/aromatic N) is 1. The summed E-state index contributed by atoms with van der Waals surface area (Å²) in [6.45, 7) is 1.68. The highest BCUT2D eigenvalue weighted by molar-refractivity contribution is 6.10. The predicted molar refractivity (Wildman–Crippen MR) is 92.7 cm³/mol. The zero-order chi connectivity index (χ0) is 16.7. The van der Waals surface area contributed by atoms with Crippen LogP contribution in [0.2, 0.25) is 0 Å². The summed E-state index contributed by atoms with van der Waals surface area (Å²) in [5.74, 6) is -0.668. The standard InChI is InChI=1S/C19H14FN3O/c1-11-4-7-14(10-15(11)20)22-19(24)16-9-13-6-5-12-3-2-8-21-17(12)18(13)23-16/h2-10,23H,1H3,(H,22,24). The number of anilines is 1. The summed E-state index contributed by atoms with van der Waals surface area (Å²) in [5, 5.41) is 4.61. The molecule has 0 aliphatic heterocycles. The number of fused-ring (bicyclic) bond motifs is 3. The van der Waals surface area contributed by atoms with E-state index < -0.39 is 0 Å². The van der Waals surface area contributed by atoms with E-state index in [1.165, 1.54) is 6.07 Å². The SMILES string of the molecule is Cc1ccc(NC(=O)c2cc3ccc4cccnc4c3[nH]2)cc1F. The Labute approximate surface area is 137 Å². The Morgan fingerprint density at radius 3 is 2.79 bits per heavy atom. The van der Waals surface area contributed by atoms with Crippen LogP contribution in [0.25, 0.3) is 21.8 Å². The van der Waals surface area contributed by atoms with E-state index >= 15 is 0 Å². The highest BCUT2D eigenvalue weighted by Gasteiger charge is 2.12. The maximum atomic E-state index is 13.6. The molecule has 118 valence electrons. The molecule has 0 radical (unpaired) electrons. The summed E-state index contributed by atoms with van der Waals surface area (Å²) in [6, 6.07) is 14.1. The molecule has 4 rings (SSSR count). The van der Waals surface area contributed by atoms with Crippen LogP contribution >= 0.6 is 0 Å². The molecule has 0 atom stereocenters. The lowest BCUT2D eigenvalue weighted by Gasteiger charge is -2.05. The van der Waals surface area contributed by atoms with Crippen LogP contribution in [0.3, 0.4) is 0 Å². The molecule has 2 aromatic heterocycles. The molecular weight excluding hydrogens is 305 g/mol. The fourth-order valence-electron chi connectivity index (χ4n) is 2.73. The van der Waals surface area contributed by atoms with Crippen LogP contribution in [0.4, 0.5) is 10.1 Å². The van der Waals surface area contributed by atoms with Crippen molar-refractivity contribution in [2.24, 2.45) is 0 Å². The van der Waals surface area contributed by atoms with Gasteiger partial charge in [0, 0.05) is 22.7 Å². The van der Waals surface area contributed by atoms with Gasteiger partial charge in [0.2, 0.25) is 0 Å². The normalized spacial score (nSPS) is 11.1. The number of hydrogen-bond acceptors (Lipinski definition) is 2. The second-order valence-corrected chi connectivity index (χ2v) is 5.71. The fourth-order valence-corrected chi connectivity index (χ4v) is 2.73. The van der Waals surface area contributed by atoms with Crippen LogP contribution in [-0.4, -0.2) is 15.9 Å². The van der Waals surface area contributed by atoms with Gasteiger partial charge in [-0.1, -0.05) is 24.3 Å². The summed E-state index contributed by atoms with van der Waals surface area (Å²) in [4.78, 5) is 19.9. The molecule has 0 aliphatic rings. The van der Waals surface area contributed by atoms with Crippen molar-refractivity contribution in [2.45, 2.75) is 6.92 Å². The third-order valence-corrected chi connectivity index (χ3v) is 4.04. The second kappa shape index (κ2) is 5.45. The van der Waals surface area contributed by atoms with Crippen molar-refractivity contribution in [1.29, 1.82) is 0 Å². The molecule has 2 aromatic carbocycles. The Balaban J connectivity index is 1.71. The second-order valence-electron chi connectivity index (χ2n) is 5.71. The highest BCUT2D eigenvalue weighted by Crippen LogP contribution is 2.24. The van der Waals surface area contributed by atoms with E-state index in [1.807, 2.05) is 24.3 Å². The number of rotatable bonds is 2. The number of benzene rings is 2. The van der Waals surface area contributed by atoms with Crippen LogP contribution in [-0.2, 0) is 0 Å². The number of aryl methyl sites for hydroxylation is 1. The minimum atomic E-state index is -0.348. The molecule has 0 saturated heterocycles. The highest BCUT2D eigenvalue weighted by atomic mass is 19.1. The Morgan fingerprint density at radius 1 is 1.12 bits per heavy atom. The van der Waals surface area contributed by atoms with Crippen LogP contribution in [0.1, 0.15) is 16.1 Å². The first-order valence-corrected chi connectivity index (χ1v) is 7.56. The molecule has 0 spiro atoms. The molecule has 0 bridgehead atoms. The summed E-state index contributed by atoms with van der Waals surface area (Å²) >= 11 is 0. The van der Waals surface area contributed by atoms with Crippen LogP contribution in [0.15, 0.2) is 54.7 Å². The molecular formula is C19H14FN3O. The van der Waals surface area contributed by atoms with Gasteiger partial charge in [-0.15, -0.1) is 0 Å². The van der Waals surface area contributed by atoms with Crippen molar-refractivity contribution in [3.63, 3.8) is 0 Å². The average Bonchev–Trinajstić information content (AvgIpc) is 3.03. The van der Waals surface area contributed by atoms with Gasteiger partial charge in [-0.25, -0.2) is 4.39 Å². The number of pyridine rings is 1. The van der Waals surface area contributed by atoms with Gasteiger partial charge in [-0.3, -0.25) is 9.78 Å². The first-order valence-electron chi connectivity index (χ1n) is 7.56. The lowest BCUT2D eigenvalue weighted by molar-refractivity contribution is 0.102. The van der Waals surface area contributed by atoms with Gasteiger partial charge in [-0.2, -0.15) is 0 Å². The van der Waals surface area contributed by atoms with Crippen molar-refractivity contribution in [3.05, 3.63) is 71.8 Å². The average molecular weight is 319 g/mol. The first-order chi connectivity index (χ1) is 11.6. The topological polar surface area (TPSA) is 57.8 Å². The van der Waals surface area contributed by atoms with Crippen molar-refractivity contribution in [3.8, 4) is 0 Å². The first kappa shape index (κ1) is 14.4. The van der Waals surface area contributed by atoms with Crippen molar-refractivity contribution < 1.29 is 9.18 Å². The molecule has 24 heavy (non-hydrogen) atoms. The van der Waals surface area contributed by atoms with Gasteiger partial charge in [0.25, 0.3) is 5.91 Å². The zero-order valence-electron chi connectivity index (χ0n) is 12.9. The number of aromatic amines is 1. The predicted octanol–water partition coefficient (Wildman–Crippen LogP) is 4.42. The number of aromatic nitrogens is 2. The van der Waals surface area contributed by atoms with Gasteiger partial charge >= 0.3 is 0 Å². The van der Waals surface area contributed by atoms with Crippen LogP contribution < -0.4 is 5.32 Å². The number of amides is 1. The Hall–Kier alpha value is -3.21. The fraction of sp³-hybridized carbons (Fsp3) is 0.0526. The molecule has 4 aromatic rings. The molecule has 0 fully saturated rings. The number of carbonyl (C=O) groups is 1. The third-order valence-electron chi connectivity index (χ3n) is 4.04. The van der Waals surface area contributed by atoms with Crippen LogP contribution in [0.5, 0.6) is 0 Å². The number of carbonyl (C=O) groups excluding carboxylic acids is 1. The smallest absolute Gasteiger partial charge is 0.272 e. The van der Waals surface area contributed by atoms with Gasteiger partial charge in [0.1, 0.15) is 11.5 Å². The maximum absolute atomic E-state index is 13.6. The van der Waals surface area contributed by atoms with E-state index in [0.29, 0.717) is 16.9 Å². The van der Waals surface area contributed by atoms with Gasteiger partial charge in [0.05, 0.1) is 11.0 Å². The van der Waals surface area contributed by atoms with Gasteiger partial charge < -0.3 is 10.3 Å². The molecule has 4 nitrogen and oxygen atoms in total. The minimum Gasteiger partial charge on any atom is -0.349 e. The Kier molecular flexibility index (Phi) is 3.27. The van der Waals surface area contributed by atoms with Crippen LogP contribution in [0, 0.1) is 12.7 Å². The zero-order valence-corrected chi connectivity index (χ0v) is 12.9. The minimum absolute atomic E-state index is 0.321. The van der Waals surface area contributed by atoms with E-state index in [0.717, 1.165) is 21.8 Å². The largest absolute Gasteiger partial charge is 0.349 e. The van der Waals surface area contributed by atoms with Gasteiger partial charge in [-0.05, 0) is 36.8 Å². The summed E-state index contributed by atoms with van der Waals surface area (Å²) < 4.78 is 13.6. The van der Waals surface area contributed by atoms with E-state index in [-0.39, 0.29) is 11.7 Å². The molecule has 2 N–H and O–H groups in total. The number of H-pyrrole nitrogens is 1. The summed E-state index contributed by atoms with van der Waals surface area (Å²) in [6.07, 6.45) is 1.72. The molecule has 1 amide bonds. The molecule has 2 heterocycles.